The number of amides is 2. The number of benzene rings is 1. The summed E-state index contributed by atoms with van der Waals surface area (Å²) in [5.41, 5.74) is 0.906. The molecule has 0 bridgehead atoms. The van der Waals surface area contributed by atoms with E-state index in [-0.39, 0.29) is 11.6 Å². The van der Waals surface area contributed by atoms with Crippen LogP contribution in [0.2, 0.25) is 0 Å². The smallest absolute Gasteiger partial charge is 0.276 e. The lowest BCUT2D eigenvalue weighted by Gasteiger charge is -2.32. The average molecular weight is 355 g/mol. The molecule has 1 aliphatic heterocycles. The molecule has 3 rings (SSSR count). The summed E-state index contributed by atoms with van der Waals surface area (Å²) < 4.78 is 5.37. The molecule has 8 nitrogen and oxygen atoms in total. The van der Waals surface area contributed by atoms with Gasteiger partial charge in [0.25, 0.3) is 5.91 Å². The maximum atomic E-state index is 12.3. The molecule has 8 heteroatoms. The van der Waals surface area contributed by atoms with E-state index in [4.69, 9.17) is 4.74 Å². The third kappa shape index (κ3) is 4.27. The fourth-order valence-electron chi connectivity index (χ4n) is 2.67. The first-order valence-corrected chi connectivity index (χ1v) is 8.52. The van der Waals surface area contributed by atoms with E-state index >= 15 is 0 Å². The van der Waals surface area contributed by atoms with Gasteiger partial charge < -0.3 is 19.9 Å². The van der Waals surface area contributed by atoms with Gasteiger partial charge in [0.1, 0.15) is 5.75 Å². The first-order valence-electron chi connectivity index (χ1n) is 8.52. The largest absolute Gasteiger partial charge is 0.494 e. The number of rotatable bonds is 6. The van der Waals surface area contributed by atoms with E-state index < -0.39 is 0 Å². The number of piperazine rings is 1. The van der Waals surface area contributed by atoms with Crippen LogP contribution >= 0.6 is 0 Å². The Morgan fingerprint density at radius 1 is 1.12 bits per heavy atom. The van der Waals surface area contributed by atoms with Crippen LogP contribution < -0.4 is 15.0 Å². The molecular weight excluding hydrogens is 334 g/mol. The maximum Gasteiger partial charge on any atom is 0.276 e. The van der Waals surface area contributed by atoms with Gasteiger partial charge in [0.05, 0.1) is 6.61 Å². The number of nitrogens with zero attached hydrogens (tertiary/aromatic N) is 4. The summed E-state index contributed by atoms with van der Waals surface area (Å²) in [6.07, 6.45) is 0.858. The Balaban J connectivity index is 1.59. The summed E-state index contributed by atoms with van der Waals surface area (Å²) in [7, 11) is 0. The normalized spacial score (nSPS) is 14.0. The Bertz CT molecular complexity index is 740. The van der Waals surface area contributed by atoms with Crippen molar-refractivity contribution < 1.29 is 14.3 Å². The van der Waals surface area contributed by atoms with Crippen LogP contribution in [0.15, 0.2) is 36.4 Å². The van der Waals surface area contributed by atoms with Gasteiger partial charge in [-0.1, -0.05) is 0 Å². The molecule has 2 aromatic rings. The Labute approximate surface area is 151 Å². The molecule has 0 unspecified atom stereocenters. The van der Waals surface area contributed by atoms with Gasteiger partial charge in [-0.15, -0.1) is 10.2 Å². The van der Waals surface area contributed by atoms with E-state index in [1.807, 2.05) is 11.8 Å². The van der Waals surface area contributed by atoms with E-state index in [0.717, 1.165) is 12.2 Å². The van der Waals surface area contributed by atoms with Crippen molar-refractivity contribution >= 4 is 23.8 Å². The number of hydrogen-bond donors (Lipinski definition) is 1. The van der Waals surface area contributed by atoms with E-state index in [9.17, 15) is 9.59 Å². The summed E-state index contributed by atoms with van der Waals surface area (Å²) in [5, 5.41) is 11.0. The summed E-state index contributed by atoms with van der Waals surface area (Å²) >= 11 is 0. The highest BCUT2D eigenvalue weighted by Gasteiger charge is 2.17. The third-order valence-electron chi connectivity index (χ3n) is 4.09. The van der Waals surface area contributed by atoms with Crippen molar-refractivity contribution in [3.05, 3.63) is 42.1 Å². The van der Waals surface area contributed by atoms with Crippen LogP contribution in [0, 0.1) is 0 Å². The molecule has 0 radical (unpaired) electrons. The lowest BCUT2D eigenvalue weighted by atomic mass is 10.2. The highest BCUT2D eigenvalue weighted by Crippen LogP contribution is 2.17. The Morgan fingerprint density at radius 2 is 1.85 bits per heavy atom. The third-order valence-corrected chi connectivity index (χ3v) is 4.09. The van der Waals surface area contributed by atoms with Crippen LogP contribution in [0.4, 0.5) is 11.5 Å². The monoisotopic (exact) mass is 355 g/mol. The topological polar surface area (TPSA) is 87.7 Å². The summed E-state index contributed by atoms with van der Waals surface area (Å²) in [4.78, 5) is 26.8. The SMILES string of the molecule is CCOc1ccc(NC(=O)c2ccc(N3CCN(C=O)CC3)nn2)cc1. The fourth-order valence-corrected chi connectivity index (χ4v) is 2.67. The van der Waals surface area contributed by atoms with Crippen LogP contribution in [-0.2, 0) is 4.79 Å². The minimum absolute atomic E-state index is 0.245. The van der Waals surface area contributed by atoms with Gasteiger partial charge in [-0.2, -0.15) is 0 Å². The van der Waals surface area contributed by atoms with Crippen molar-refractivity contribution in [2.24, 2.45) is 0 Å². The van der Waals surface area contributed by atoms with Crippen LogP contribution in [-0.4, -0.2) is 60.2 Å². The highest BCUT2D eigenvalue weighted by molar-refractivity contribution is 6.02. The fraction of sp³-hybridized carbons (Fsp3) is 0.333. The van der Waals surface area contributed by atoms with Crippen molar-refractivity contribution in [3.8, 4) is 5.75 Å². The van der Waals surface area contributed by atoms with Crippen LogP contribution in [0.3, 0.4) is 0 Å². The quantitative estimate of drug-likeness (QED) is 0.788. The first kappa shape index (κ1) is 17.7. The molecule has 0 spiro atoms. The molecule has 136 valence electrons. The molecule has 1 fully saturated rings. The van der Waals surface area contributed by atoms with E-state index in [1.165, 1.54) is 0 Å². The zero-order valence-corrected chi connectivity index (χ0v) is 14.6. The van der Waals surface area contributed by atoms with Gasteiger partial charge in [-0.25, -0.2) is 0 Å². The number of carbonyl (C=O) groups is 2. The summed E-state index contributed by atoms with van der Waals surface area (Å²) in [5.74, 6) is 1.14. The van der Waals surface area contributed by atoms with Crippen LogP contribution in [0.25, 0.3) is 0 Å². The predicted octanol–water partition coefficient (Wildman–Crippen LogP) is 1.41. The number of anilines is 2. The molecule has 0 saturated carbocycles. The molecule has 26 heavy (non-hydrogen) atoms. The van der Waals surface area contributed by atoms with E-state index in [2.05, 4.69) is 15.5 Å². The second-order valence-electron chi connectivity index (χ2n) is 5.82. The summed E-state index contributed by atoms with van der Waals surface area (Å²) in [6.45, 7) is 5.23. The van der Waals surface area contributed by atoms with Crippen LogP contribution in [0.5, 0.6) is 5.75 Å². The lowest BCUT2D eigenvalue weighted by Crippen LogP contribution is -2.46. The molecule has 0 aliphatic carbocycles. The molecule has 1 aromatic heterocycles. The lowest BCUT2D eigenvalue weighted by molar-refractivity contribution is -0.118. The predicted molar refractivity (Wildman–Crippen MR) is 97.4 cm³/mol. The first-order chi connectivity index (χ1) is 12.7. The van der Waals surface area contributed by atoms with Gasteiger partial charge in [-0.3, -0.25) is 9.59 Å². The zero-order chi connectivity index (χ0) is 18.4. The molecule has 1 aliphatic rings. The van der Waals surface area contributed by atoms with Crippen molar-refractivity contribution in [2.75, 3.05) is 43.0 Å². The minimum Gasteiger partial charge on any atom is -0.494 e. The number of nitrogens with one attached hydrogen (secondary N) is 1. The van der Waals surface area contributed by atoms with Crippen molar-refractivity contribution in [1.82, 2.24) is 15.1 Å². The van der Waals surface area contributed by atoms with Crippen molar-refractivity contribution in [2.45, 2.75) is 6.92 Å². The number of aromatic nitrogens is 2. The highest BCUT2D eigenvalue weighted by atomic mass is 16.5. The van der Waals surface area contributed by atoms with E-state index in [0.29, 0.717) is 44.3 Å². The van der Waals surface area contributed by atoms with Gasteiger partial charge in [0.2, 0.25) is 6.41 Å². The molecular formula is C18H21N5O3. The minimum atomic E-state index is -0.320. The Hall–Kier alpha value is -3.16. The average Bonchev–Trinajstić information content (AvgIpc) is 2.70. The summed E-state index contributed by atoms with van der Waals surface area (Å²) in [6, 6.07) is 10.6. The zero-order valence-electron chi connectivity index (χ0n) is 14.6. The second kappa shape index (κ2) is 8.28. The Morgan fingerprint density at radius 3 is 2.42 bits per heavy atom. The molecule has 1 aromatic carbocycles. The van der Waals surface area contributed by atoms with Crippen molar-refractivity contribution in [1.29, 1.82) is 0 Å². The number of carbonyl (C=O) groups excluding carboxylic acids is 2. The van der Waals surface area contributed by atoms with Gasteiger partial charge in [-0.05, 0) is 43.3 Å². The molecule has 2 heterocycles. The molecule has 0 atom stereocenters. The molecule has 1 saturated heterocycles. The maximum absolute atomic E-state index is 12.3. The second-order valence-corrected chi connectivity index (χ2v) is 5.82. The standard InChI is InChI=1S/C18H21N5O3/c1-2-26-15-5-3-14(4-6-15)19-18(25)16-7-8-17(21-20-16)23-11-9-22(13-24)10-12-23/h3-8,13H,2,9-12H2,1H3,(H,19,25). The van der Waals surface area contributed by atoms with Gasteiger partial charge >= 0.3 is 0 Å². The molecule has 2 amide bonds. The van der Waals surface area contributed by atoms with Crippen LogP contribution in [0.1, 0.15) is 17.4 Å². The Kier molecular flexibility index (Phi) is 5.62. The van der Waals surface area contributed by atoms with Gasteiger partial charge in [0, 0.05) is 31.9 Å². The van der Waals surface area contributed by atoms with Gasteiger partial charge in [0.15, 0.2) is 11.5 Å². The van der Waals surface area contributed by atoms with E-state index in [1.54, 1.807) is 41.3 Å². The van der Waals surface area contributed by atoms with Crippen molar-refractivity contribution in [3.63, 3.8) is 0 Å². The number of ether oxygens (including phenoxy) is 1. The molecule has 1 N–H and O–H groups in total. The number of hydrogen-bond acceptors (Lipinski definition) is 6.